The lowest BCUT2D eigenvalue weighted by atomic mass is 9.91. The summed E-state index contributed by atoms with van der Waals surface area (Å²) in [5.74, 6) is -1.32. The average Bonchev–Trinajstić information content (AvgIpc) is 2.62. The molecule has 2 atom stereocenters. The second kappa shape index (κ2) is 8.14. The van der Waals surface area contributed by atoms with E-state index in [0.717, 1.165) is 11.1 Å². The van der Waals surface area contributed by atoms with Gasteiger partial charge in [0.15, 0.2) is 0 Å². The summed E-state index contributed by atoms with van der Waals surface area (Å²) in [6, 6.07) is 7.26. The second-order valence-electron chi connectivity index (χ2n) is 6.67. The zero-order valence-electron chi connectivity index (χ0n) is 15.1. The molecule has 2 amide bonds. The van der Waals surface area contributed by atoms with Gasteiger partial charge in [-0.1, -0.05) is 38.1 Å². The van der Waals surface area contributed by atoms with Crippen LogP contribution in [0.2, 0.25) is 0 Å². The Hall–Kier alpha value is -2.37. The summed E-state index contributed by atoms with van der Waals surface area (Å²) >= 11 is 0. The number of carboxylic acid groups (broad SMARTS) is 1. The quantitative estimate of drug-likeness (QED) is 0.854. The number of carboxylic acids is 1. The van der Waals surface area contributed by atoms with Gasteiger partial charge in [0, 0.05) is 32.5 Å². The summed E-state index contributed by atoms with van der Waals surface area (Å²) in [5, 5.41) is 8.83. The minimum absolute atomic E-state index is 0.0259. The normalized spacial score (nSPS) is 17.6. The van der Waals surface area contributed by atoms with E-state index in [1.54, 1.807) is 11.9 Å². The first kappa shape index (κ1) is 19.0. The van der Waals surface area contributed by atoms with Crippen LogP contribution in [0.1, 0.15) is 37.8 Å². The maximum atomic E-state index is 12.9. The van der Waals surface area contributed by atoms with Gasteiger partial charge < -0.3 is 14.9 Å². The molecule has 1 N–H and O–H groups in total. The molecule has 0 saturated carbocycles. The Labute approximate surface area is 148 Å². The Morgan fingerprint density at radius 3 is 2.52 bits per heavy atom. The van der Waals surface area contributed by atoms with Gasteiger partial charge in [-0.2, -0.15) is 0 Å². The van der Waals surface area contributed by atoms with Crippen LogP contribution >= 0.6 is 0 Å². The molecule has 1 aromatic carbocycles. The fourth-order valence-corrected chi connectivity index (χ4v) is 3.06. The molecule has 0 bridgehead atoms. The highest BCUT2D eigenvalue weighted by atomic mass is 16.4. The molecule has 0 aliphatic carbocycles. The number of carbonyl (C=O) groups excluding carboxylic acids is 2. The number of aliphatic carboxylic acids is 1. The lowest BCUT2D eigenvalue weighted by Crippen LogP contribution is -2.54. The van der Waals surface area contributed by atoms with Gasteiger partial charge in [-0.15, -0.1) is 0 Å². The van der Waals surface area contributed by atoms with Gasteiger partial charge in [0.05, 0.1) is 6.42 Å². The topological polar surface area (TPSA) is 77.9 Å². The number of carbonyl (C=O) groups is 3. The van der Waals surface area contributed by atoms with Crippen LogP contribution in [0.15, 0.2) is 24.3 Å². The van der Waals surface area contributed by atoms with E-state index >= 15 is 0 Å². The number of rotatable bonds is 6. The summed E-state index contributed by atoms with van der Waals surface area (Å²) in [7, 11) is 1.59. The predicted octanol–water partition coefficient (Wildman–Crippen LogP) is 1.92. The summed E-state index contributed by atoms with van der Waals surface area (Å²) in [6.45, 7) is 4.38. The van der Waals surface area contributed by atoms with Crippen molar-refractivity contribution in [3.63, 3.8) is 0 Å². The van der Waals surface area contributed by atoms with E-state index < -0.39 is 12.0 Å². The van der Waals surface area contributed by atoms with Gasteiger partial charge in [-0.05, 0) is 17.5 Å². The van der Waals surface area contributed by atoms with Crippen LogP contribution in [0.3, 0.4) is 0 Å². The average molecular weight is 346 g/mol. The van der Waals surface area contributed by atoms with Crippen LogP contribution in [0, 0.1) is 5.92 Å². The number of benzene rings is 1. The lowest BCUT2D eigenvalue weighted by Gasteiger charge is -2.39. The number of fused-ring (bicyclic) bond motifs is 1. The zero-order valence-corrected chi connectivity index (χ0v) is 15.1. The molecule has 0 saturated heterocycles. The molecule has 0 radical (unpaired) electrons. The molecule has 6 heteroatoms. The maximum Gasteiger partial charge on any atom is 0.305 e. The largest absolute Gasteiger partial charge is 0.481 e. The van der Waals surface area contributed by atoms with Gasteiger partial charge >= 0.3 is 5.97 Å². The first-order chi connectivity index (χ1) is 11.8. The van der Waals surface area contributed by atoms with E-state index in [9.17, 15) is 14.4 Å². The molecule has 0 spiro atoms. The molecule has 136 valence electrons. The SMILES string of the molecule is CCC(C)C(=O)N1Cc2ccccc2CC1C(=O)N(C)CCC(=O)O. The van der Waals surface area contributed by atoms with E-state index in [1.807, 2.05) is 38.1 Å². The van der Waals surface area contributed by atoms with E-state index in [1.165, 1.54) is 4.90 Å². The minimum Gasteiger partial charge on any atom is -0.481 e. The van der Waals surface area contributed by atoms with Crippen LogP contribution in [-0.4, -0.2) is 52.3 Å². The molecule has 1 heterocycles. The smallest absolute Gasteiger partial charge is 0.305 e. The molecule has 1 aromatic rings. The fraction of sp³-hybridized carbons (Fsp3) is 0.526. The van der Waals surface area contributed by atoms with Crippen LogP contribution < -0.4 is 0 Å². The van der Waals surface area contributed by atoms with Gasteiger partial charge in [0.2, 0.25) is 11.8 Å². The number of amides is 2. The van der Waals surface area contributed by atoms with Crippen LogP contribution in [0.4, 0.5) is 0 Å². The number of hydrogen-bond donors (Lipinski definition) is 1. The van der Waals surface area contributed by atoms with Crippen molar-refractivity contribution in [2.45, 2.75) is 45.7 Å². The molecule has 0 aromatic heterocycles. The van der Waals surface area contributed by atoms with Crippen molar-refractivity contribution in [1.29, 1.82) is 0 Å². The molecule has 0 fully saturated rings. The number of hydrogen-bond acceptors (Lipinski definition) is 3. The van der Waals surface area contributed by atoms with Gasteiger partial charge in [0.25, 0.3) is 0 Å². The summed E-state index contributed by atoms with van der Waals surface area (Å²) in [4.78, 5) is 39.5. The van der Waals surface area contributed by atoms with Crippen molar-refractivity contribution in [3.05, 3.63) is 35.4 Å². The van der Waals surface area contributed by atoms with E-state index in [0.29, 0.717) is 19.4 Å². The summed E-state index contributed by atoms with van der Waals surface area (Å²) in [5.41, 5.74) is 2.14. The van der Waals surface area contributed by atoms with Crippen molar-refractivity contribution < 1.29 is 19.5 Å². The maximum absolute atomic E-state index is 12.9. The monoisotopic (exact) mass is 346 g/mol. The highest BCUT2D eigenvalue weighted by molar-refractivity contribution is 5.89. The van der Waals surface area contributed by atoms with Gasteiger partial charge in [0.1, 0.15) is 6.04 Å². The molecule has 6 nitrogen and oxygen atoms in total. The van der Waals surface area contributed by atoms with Gasteiger partial charge in [-0.3, -0.25) is 14.4 Å². The first-order valence-electron chi connectivity index (χ1n) is 8.69. The Balaban J connectivity index is 2.26. The van der Waals surface area contributed by atoms with Crippen LogP contribution in [0.5, 0.6) is 0 Å². The first-order valence-corrected chi connectivity index (χ1v) is 8.69. The van der Waals surface area contributed by atoms with E-state index in [4.69, 9.17) is 5.11 Å². The molecule has 2 unspecified atom stereocenters. The third-order valence-electron chi connectivity index (χ3n) is 4.89. The molecule has 1 aliphatic heterocycles. The third kappa shape index (κ3) is 4.38. The highest BCUT2D eigenvalue weighted by Gasteiger charge is 2.37. The van der Waals surface area contributed by atoms with Crippen molar-refractivity contribution in [1.82, 2.24) is 9.80 Å². The Kier molecular flexibility index (Phi) is 6.17. The molecular weight excluding hydrogens is 320 g/mol. The van der Waals surface area contributed by atoms with Crippen molar-refractivity contribution in [2.75, 3.05) is 13.6 Å². The Morgan fingerprint density at radius 2 is 1.92 bits per heavy atom. The standard InChI is InChI=1S/C19H26N2O4/c1-4-13(2)18(24)21-12-15-8-6-5-7-14(15)11-16(21)19(25)20(3)10-9-17(22)23/h5-8,13,16H,4,9-12H2,1-3H3,(H,22,23). The van der Waals surface area contributed by atoms with Gasteiger partial charge in [-0.25, -0.2) is 0 Å². The van der Waals surface area contributed by atoms with E-state index in [2.05, 4.69) is 0 Å². The summed E-state index contributed by atoms with van der Waals surface area (Å²) in [6.07, 6.45) is 1.08. The lowest BCUT2D eigenvalue weighted by molar-refractivity contribution is -0.149. The molecular formula is C19H26N2O4. The molecule has 25 heavy (non-hydrogen) atoms. The molecule has 2 rings (SSSR count). The van der Waals surface area contributed by atoms with Crippen LogP contribution in [-0.2, 0) is 27.3 Å². The Bertz CT molecular complexity index is 659. The molecule has 1 aliphatic rings. The second-order valence-corrected chi connectivity index (χ2v) is 6.67. The van der Waals surface area contributed by atoms with Crippen LogP contribution in [0.25, 0.3) is 0 Å². The van der Waals surface area contributed by atoms with E-state index in [-0.39, 0.29) is 30.7 Å². The predicted molar refractivity (Wildman–Crippen MR) is 93.8 cm³/mol. The van der Waals surface area contributed by atoms with Crippen molar-refractivity contribution >= 4 is 17.8 Å². The Morgan fingerprint density at radius 1 is 1.28 bits per heavy atom. The van der Waals surface area contributed by atoms with Crippen molar-refractivity contribution in [2.24, 2.45) is 5.92 Å². The minimum atomic E-state index is -0.943. The fourth-order valence-electron chi connectivity index (χ4n) is 3.06. The number of nitrogens with zero attached hydrogens (tertiary/aromatic N) is 2. The summed E-state index contributed by atoms with van der Waals surface area (Å²) < 4.78 is 0. The van der Waals surface area contributed by atoms with Crippen molar-refractivity contribution in [3.8, 4) is 0 Å². The zero-order chi connectivity index (χ0) is 18.6. The highest BCUT2D eigenvalue weighted by Crippen LogP contribution is 2.26. The third-order valence-corrected chi connectivity index (χ3v) is 4.89. The number of likely N-dealkylation sites (N-methyl/N-ethyl adjacent to an activating group) is 1.